The van der Waals surface area contributed by atoms with Crippen LogP contribution in [-0.2, 0) is 6.42 Å². The van der Waals surface area contributed by atoms with Gasteiger partial charge in [-0.15, -0.1) is 0 Å². The van der Waals surface area contributed by atoms with Crippen LogP contribution in [0.4, 0.5) is 5.88 Å². The van der Waals surface area contributed by atoms with Crippen molar-refractivity contribution in [3.05, 3.63) is 45.6 Å². The molecule has 0 saturated heterocycles. The summed E-state index contributed by atoms with van der Waals surface area (Å²) in [6.45, 7) is 2.00. The summed E-state index contributed by atoms with van der Waals surface area (Å²) in [5.74, 6) is 1.06. The lowest BCUT2D eigenvalue weighted by Crippen LogP contribution is -2.09. The molecule has 20 heavy (non-hydrogen) atoms. The van der Waals surface area contributed by atoms with Gasteiger partial charge in [0.15, 0.2) is 11.3 Å². The van der Waals surface area contributed by atoms with E-state index in [4.69, 9.17) is 10.2 Å². The van der Waals surface area contributed by atoms with Crippen molar-refractivity contribution in [2.24, 2.45) is 0 Å². The average Bonchev–Trinajstić information content (AvgIpc) is 2.48. The molecule has 0 bridgehead atoms. The SMILES string of the molecule is CCc1cc2c(=O)ccc(C3=CCCCC3)c-2oc1N. The first-order valence-electron chi connectivity index (χ1n) is 7.25. The zero-order chi connectivity index (χ0) is 14.1. The molecule has 0 atom stereocenters. The van der Waals surface area contributed by atoms with E-state index >= 15 is 0 Å². The minimum Gasteiger partial charge on any atom is -0.440 e. The van der Waals surface area contributed by atoms with Crippen molar-refractivity contribution in [2.45, 2.75) is 39.0 Å². The van der Waals surface area contributed by atoms with Crippen molar-refractivity contribution in [2.75, 3.05) is 5.73 Å². The van der Waals surface area contributed by atoms with Crippen molar-refractivity contribution in [1.29, 1.82) is 0 Å². The van der Waals surface area contributed by atoms with Crippen LogP contribution in [0.25, 0.3) is 16.9 Å². The molecule has 0 spiro atoms. The van der Waals surface area contributed by atoms with Crippen LogP contribution in [-0.4, -0.2) is 0 Å². The van der Waals surface area contributed by atoms with E-state index in [1.165, 1.54) is 18.4 Å². The molecule has 0 radical (unpaired) electrons. The maximum Gasteiger partial charge on any atom is 0.194 e. The van der Waals surface area contributed by atoms with E-state index in [-0.39, 0.29) is 5.43 Å². The van der Waals surface area contributed by atoms with Crippen molar-refractivity contribution in [3.8, 4) is 11.3 Å². The largest absolute Gasteiger partial charge is 0.440 e. The van der Waals surface area contributed by atoms with Crippen LogP contribution in [0.2, 0.25) is 0 Å². The molecule has 104 valence electrons. The summed E-state index contributed by atoms with van der Waals surface area (Å²) in [5, 5.41) is 0. The summed E-state index contributed by atoms with van der Waals surface area (Å²) in [4.78, 5) is 12.1. The molecular weight excluding hydrogens is 250 g/mol. The summed E-state index contributed by atoms with van der Waals surface area (Å²) in [7, 11) is 0. The van der Waals surface area contributed by atoms with Gasteiger partial charge >= 0.3 is 0 Å². The molecule has 1 aliphatic heterocycles. The van der Waals surface area contributed by atoms with E-state index < -0.39 is 0 Å². The third kappa shape index (κ3) is 2.13. The molecule has 0 aromatic carbocycles. The highest BCUT2D eigenvalue weighted by molar-refractivity contribution is 5.80. The summed E-state index contributed by atoms with van der Waals surface area (Å²) < 4.78 is 5.79. The maximum absolute atomic E-state index is 12.1. The van der Waals surface area contributed by atoms with Gasteiger partial charge in [-0.3, -0.25) is 4.79 Å². The Hall–Kier alpha value is -2.03. The molecule has 0 saturated carbocycles. The van der Waals surface area contributed by atoms with Crippen LogP contribution >= 0.6 is 0 Å². The highest BCUT2D eigenvalue weighted by Crippen LogP contribution is 2.35. The number of allylic oxidation sites excluding steroid dienone is 2. The molecule has 0 amide bonds. The van der Waals surface area contributed by atoms with Crippen LogP contribution in [0.15, 0.2) is 33.5 Å². The Morgan fingerprint density at radius 1 is 1.25 bits per heavy atom. The Morgan fingerprint density at radius 3 is 2.80 bits per heavy atom. The van der Waals surface area contributed by atoms with Gasteiger partial charge in [0, 0.05) is 11.1 Å². The molecule has 3 nitrogen and oxygen atoms in total. The molecular formula is C17H19NO2. The van der Waals surface area contributed by atoms with Crippen LogP contribution in [0.5, 0.6) is 0 Å². The number of hydrogen-bond donors (Lipinski definition) is 1. The van der Waals surface area contributed by atoms with E-state index in [2.05, 4.69) is 6.08 Å². The van der Waals surface area contributed by atoms with Gasteiger partial charge in [0.05, 0.1) is 5.56 Å². The molecule has 1 heterocycles. The zero-order valence-electron chi connectivity index (χ0n) is 11.7. The molecule has 3 heteroatoms. The van der Waals surface area contributed by atoms with Crippen molar-refractivity contribution < 1.29 is 4.42 Å². The predicted molar refractivity (Wildman–Crippen MR) is 81.8 cm³/mol. The molecule has 0 aromatic rings. The van der Waals surface area contributed by atoms with E-state index in [9.17, 15) is 4.79 Å². The minimum absolute atomic E-state index is 0.00129. The van der Waals surface area contributed by atoms with Crippen molar-refractivity contribution in [3.63, 3.8) is 0 Å². The lowest BCUT2D eigenvalue weighted by Gasteiger charge is -2.17. The summed E-state index contributed by atoms with van der Waals surface area (Å²) >= 11 is 0. The van der Waals surface area contributed by atoms with Crippen LogP contribution < -0.4 is 11.2 Å². The van der Waals surface area contributed by atoms with E-state index in [1.807, 2.05) is 19.1 Å². The second-order valence-electron chi connectivity index (χ2n) is 5.32. The molecule has 3 aliphatic rings. The van der Waals surface area contributed by atoms with E-state index in [1.54, 1.807) is 6.07 Å². The molecule has 3 rings (SSSR count). The number of anilines is 1. The average molecular weight is 269 g/mol. The van der Waals surface area contributed by atoms with E-state index in [0.29, 0.717) is 17.2 Å². The normalized spacial score (nSPS) is 15.3. The Balaban J connectivity index is 2.25. The smallest absolute Gasteiger partial charge is 0.194 e. The number of benzene rings is 1. The second kappa shape index (κ2) is 5.16. The van der Waals surface area contributed by atoms with Gasteiger partial charge in [-0.25, -0.2) is 0 Å². The highest BCUT2D eigenvalue weighted by Gasteiger charge is 2.19. The molecule has 0 aromatic heterocycles. The summed E-state index contributed by atoms with van der Waals surface area (Å²) in [5.41, 5.74) is 9.78. The predicted octanol–water partition coefficient (Wildman–Crippen LogP) is 3.85. The lowest BCUT2D eigenvalue weighted by molar-refractivity contribution is 0.577. The Bertz CT molecular complexity index is 697. The number of nitrogen functional groups attached to an aromatic ring is 1. The number of nitrogens with two attached hydrogens (primary N) is 1. The first-order valence-corrected chi connectivity index (χ1v) is 7.25. The Labute approximate surface area is 118 Å². The number of fused-ring (bicyclic) bond motifs is 1. The third-order valence-electron chi connectivity index (χ3n) is 4.02. The maximum atomic E-state index is 12.1. The Morgan fingerprint density at radius 2 is 2.10 bits per heavy atom. The van der Waals surface area contributed by atoms with E-state index in [0.717, 1.165) is 30.4 Å². The fraction of sp³-hybridized carbons (Fsp3) is 0.353. The van der Waals surface area contributed by atoms with Crippen molar-refractivity contribution >= 4 is 11.5 Å². The Kier molecular flexibility index (Phi) is 3.35. The van der Waals surface area contributed by atoms with Crippen LogP contribution in [0.1, 0.15) is 43.7 Å². The monoisotopic (exact) mass is 269 g/mol. The summed E-state index contributed by atoms with van der Waals surface area (Å²) in [6, 6.07) is 5.39. The first-order chi connectivity index (χ1) is 9.70. The lowest BCUT2D eigenvalue weighted by atomic mass is 9.90. The van der Waals surface area contributed by atoms with Gasteiger partial charge < -0.3 is 10.2 Å². The highest BCUT2D eigenvalue weighted by atomic mass is 16.3. The molecule has 0 unspecified atom stereocenters. The van der Waals surface area contributed by atoms with Crippen LogP contribution in [0, 0.1) is 0 Å². The van der Waals surface area contributed by atoms with Gasteiger partial charge in [0.25, 0.3) is 0 Å². The number of hydrogen-bond acceptors (Lipinski definition) is 3. The van der Waals surface area contributed by atoms with Gasteiger partial charge in [-0.05, 0) is 55.9 Å². The fourth-order valence-corrected chi connectivity index (χ4v) is 2.86. The molecule has 0 fully saturated rings. The first kappa shape index (κ1) is 13.0. The molecule has 2 aliphatic carbocycles. The zero-order valence-corrected chi connectivity index (χ0v) is 11.7. The fourth-order valence-electron chi connectivity index (χ4n) is 2.86. The minimum atomic E-state index is -0.00129. The van der Waals surface area contributed by atoms with Gasteiger partial charge in [-0.2, -0.15) is 0 Å². The standard InChI is InChI=1S/C17H19NO2/c1-2-11-10-14-15(19)9-8-13(16(14)20-17(11)18)12-6-4-3-5-7-12/h6,8-10H,2-5,7,18H2,1H3. The van der Waals surface area contributed by atoms with Crippen LogP contribution in [0.3, 0.4) is 0 Å². The third-order valence-corrected chi connectivity index (χ3v) is 4.02. The quantitative estimate of drug-likeness (QED) is 0.901. The van der Waals surface area contributed by atoms with Gasteiger partial charge in [-0.1, -0.05) is 13.0 Å². The second-order valence-corrected chi connectivity index (χ2v) is 5.32. The van der Waals surface area contributed by atoms with Crippen molar-refractivity contribution in [1.82, 2.24) is 0 Å². The van der Waals surface area contributed by atoms with Gasteiger partial charge in [0.2, 0.25) is 0 Å². The topological polar surface area (TPSA) is 56.2 Å². The molecule has 2 N–H and O–H groups in total. The summed E-state index contributed by atoms with van der Waals surface area (Å²) in [6.07, 6.45) is 7.58. The number of aryl methyl sites for hydroxylation is 1. The number of rotatable bonds is 2. The van der Waals surface area contributed by atoms with Gasteiger partial charge in [0.1, 0.15) is 5.76 Å².